The van der Waals surface area contributed by atoms with E-state index in [0.717, 1.165) is 16.9 Å². The summed E-state index contributed by atoms with van der Waals surface area (Å²) in [4.78, 5) is 11.6. The number of furan rings is 1. The minimum Gasteiger partial charge on any atom is -0.489 e. The van der Waals surface area contributed by atoms with Crippen LogP contribution in [0.15, 0.2) is 76.4 Å². The van der Waals surface area contributed by atoms with E-state index in [4.69, 9.17) is 20.8 Å². The van der Waals surface area contributed by atoms with Gasteiger partial charge in [-0.3, -0.25) is 4.79 Å². The van der Waals surface area contributed by atoms with Crippen LogP contribution < -0.4 is 10.2 Å². The van der Waals surface area contributed by atoms with Gasteiger partial charge in [0, 0.05) is 10.6 Å². The van der Waals surface area contributed by atoms with E-state index in [0.29, 0.717) is 11.6 Å². The van der Waals surface area contributed by atoms with Crippen molar-refractivity contribution in [3.8, 4) is 5.75 Å². The highest BCUT2D eigenvalue weighted by atomic mass is 35.5. The van der Waals surface area contributed by atoms with Gasteiger partial charge in [0.05, 0.1) is 12.5 Å². The quantitative estimate of drug-likeness (QED) is 0.531. The van der Waals surface area contributed by atoms with E-state index in [1.165, 1.54) is 6.26 Å². The normalized spacial score (nSPS) is 10.8. The molecular weight excluding hydrogens is 340 g/mol. The number of ether oxygens (including phenoxy) is 1. The lowest BCUT2D eigenvalue weighted by atomic mass is 10.2. The van der Waals surface area contributed by atoms with Crippen LogP contribution in [0.25, 0.3) is 0 Å². The Balaban J connectivity index is 1.52. The summed E-state index contributed by atoms with van der Waals surface area (Å²) < 4.78 is 10.7. The average molecular weight is 355 g/mol. The Hall–Kier alpha value is -3.05. The van der Waals surface area contributed by atoms with Gasteiger partial charge in [-0.15, -0.1) is 0 Å². The molecule has 126 valence electrons. The molecule has 0 bridgehead atoms. The van der Waals surface area contributed by atoms with Gasteiger partial charge >= 0.3 is 5.91 Å². The van der Waals surface area contributed by atoms with Crippen LogP contribution in [0.2, 0.25) is 5.02 Å². The Labute approximate surface area is 149 Å². The van der Waals surface area contributed by atoms with Crippen LogP contribution in [0.3, 0.4) is 0 Å². The molecule has 0 unspecified atom stereocenters. The van der Waals surface area contributed by atoms with Gasteiger partial charge in [0.2, 0.25) is 0 Å². The van der Waals surface area contributed by atoms with Gasteiger partial charge in [-0.05, 0) is 48.0 Å². The Morgan fingerprint density at radius 3 is 2.64 bits per heavy atom. The average Bonchev–Trinajstić information content (AvgIpc) is 3.17. The summed E-state index contributed by atoms with van der Waals surface area (Å²) in [5, 5.41) is 4.57. The topological polar surface area (TPSA) is 63.8 Å². The number of nitrogens with zero attached hydrogens (tertiary/aromatic N) is 1. The molecule has 0 atom stereocenters. The molecular formula is C19H15ClN2O3. The van der Waals surface area contributed by atoms with Crippen molar-refractivity contribution in [1.29, 1.82) is 0 Å². The van der Waals surface area contributed by atoms with E-state index in [1.807, 2.05) is 48.5 Å². The molecule has 1 aromatic heterocycles. The number of benzene rings is 2. The van der Waals surface area contributed by atoms with Crippen LogP contribution in [-0.2, 0) is 6.61 Å². The summed E-state index contributed by atoms with van der Waals surface area (Å²) in [6.45, 7) is 0.395. The highest BCUT2D eigenvalue weighted by Crippen LogP contribution is 2.18. The molecule has 0 aliphatic heterocycles. The molecule has 3 rings (SSSR count). The Morgan fingerprint density at radius 1 is 1.12 bits per heavy atom. The largest absolute Gasteiger partial charge is 0.489 e. The fraction of sp³-hybridized carbons (Fsp3) is 0.0526. The fourth-order valence-electron chi connectivity index (χ4n) is 2.05. The van der Waals surface area contributed by atoms with Crippen molar-refractivity contribution in [1.82, 2.24) is 5.43 Å². The van der Waals surface area contributed by atoms with Gasteiger partial charge in [-0.1, -0.05) is 29.8 Å². The van der Waals surface area contributed by atoms with Crippen molar-refractivity contribution >= 4 is 23.7 Å². The van der Waals surface area contributed by atoms with Gasteiger partial charge in [-0.25, -0.2) is 5.43 Å². The van der Waals surface area contributed by atoms with Crippen molar-refractivity contribution in [3.05, 3.63) is 88.8 Å². The van der Waals surface area contributed by atoms with Gasteiger partial charge in [0.25, 0.3) is 0 Å². The highest BCUT2D eigenvalue weighted by Gasteiger charge is 2.05. The Bertz CT molecular complexity index is 859. The van der Waals surface area contributed by atoms with E-state index < -0.39 is 5.91 Å². The van der Waals surface area contributed by atoms with Crippen molar-refractivity contribution in [2.75, 3.05) is 0 Å². The zero-order chi connectivity index (χ0) is 17.5. The number of carbonyl (C=O) groups is 1. The summed E-state index contributed by atoms with van der Waals surface area (Å²) in [5.41, 5.74) is 4.14. The first-order chi connectivity index (χ1) is 12.2. The minimum absolute atomic E-state index is 0.209. The second-order valence-corrected chi connectivity index (χ2v) is 5.53. The molecule has 0 saturated carbocycles. The molecule has 0 aliphatic carbocycles. The Kier molecular flexibility index (Phi) is 5.49. The van der Waals surface area contributed by atoms with Gasteiger partial charge in [0.15, 0.2) is 5.76 Å². The first-order valence-electron chi connectivity index (χ1n) is 7.55. The maximum atomic E-state index is 11.6. The van der Waals surface area contributed by atoms with Crippen LogP contribution in [-0.4, -0.2) is 12.1 Å². The maximum absolute atomic E-state index is 11.6. The van der Waals surface area contributed by atoms with Crippen molar-refractivity contribution in [3.63, 3.8) is 0 Å². The second-order valence-electron chi connectivity index (χ2n) is 5.13. The standard InChI is InChI=1S/C19H15ClN2O3/c20-17-5-2-1-4-15(17)13-25-16-9-7-14(8-10-16)12-21-22-19(23)18-6-3-11-24-18/h1-12H,13H2,(H,22,23)/b21-12+. The van der Waals surface area contributed by atoms with E-state index in [9.17, 15) is 4.79 Å². The molecule has 0 spiro atoms. The molecule has 1 heterocycles. The third-order valence-electron chi connectivity index (χ3n) is 3.36. The first kappa shape index (κ1) is 16.8. The summed E-state index contributed by atoms with van der Waals surface area (Å²) in [6, 6.07) is 18.1. The van der Waals surface area contributed by atoms with Crippen molar-refractivity contribution in [2.45, 2.75) is 6.61 Å². The molecule has 1 amide bonds. The first-order valence-corrected chi connectivity index (χ1v) is 7.93. The summed E-state index contributed by atoms with van der Waals surface area (Å²) in [6.07, 6.45) is 2.97. The highest BCUT2D eigenvalue weighted by molar-refractivity contribution is 6.31. The third kappa shape index (κ3) is 4.71. The molecule has 3 aromatic rings. The predicted octanol–water partition coefficient (Wildman–Crippen LogP) is 4.28. The lowest BCUT2D eigenvalue weighted by Crippen LogP contribution is -2.16. The number of carbonyl (C=O) groups excluding carboxylic acids is 1. The number of halogens is 1. The Morgan fingerprint density at radius 2 is 1.92 bits per heavy atom. The fourth-order valence-corrected chi connectivity index (χ4v) is 2.25. The molecule has 0 fully saturated rings. The number of nitrogens with one attached hydrogen (secondary N) is 1. The molecule has 1 N–H and O–H groups in total. The smallest absolute Gasteiger partial charge is 0.307 e. The van der Waals surface area contributed by atoms with Crippen LogP contribution in [0.5, 0.6) is 5.75 Å². The second kappa shape index (κ2) is 8.17. The SMILES string of the molecule is O=C(N/N=C/c1ccc(OCc2ccccc2Cl)cc1)c1ccco1. The van der Waals surface area contributed by atoms with E-state index in [1.54, 1.807) is 18.3 Å². The monoisotopic (exact) mass is 354 g/mol. The summed E-state index contributed by atoms with van der Waals surface area (Å²) >= 11 is 6.10. The number of amides is 1. The molecule has 0 radical (unpaired) electrons. The van der Waals surface area contributed by atoms with Gasteiger partial charge < -0.3 is 9.15 Å². The minimum atomic E-state index is -0.402. The lowest BCUT2D eigenvalue weighted by molar-refractivity contribution is 0.0927. The summed E-state index contributed by atoms with van der Waals surface area (Å²) in [5.74, 6) is 0.526. The number of hydrazone groups is 1. The van der Waals surface area contributed by atoms with E-state index in [2.05, 4.69) is 10.5 Å². The molecule has 2 aromatic carbocycles. The zero-order valence-electron chi connectivity index (χ0n) is 13.2. The van der Waals surface area contributed by atoms with E-state index >= 15 is 0 Å². The number of hydrogen-bond donors (Lipinski definition) is 1. The van der Waals surface area contributed by atoms with Crippen LogP contribution >= 0.6 is 11.6 Å². The molecule has 0 saturated heterocycles. The molecule has 6 heteroatoms. The van der Waals surface area contributed by atoms with Gasteiger partial charge in [0.1, 0.15) is 12.4 Å². The number of hydrogen-bond acceptors (Lipinski definition) is 4. The summed E-state index contributed by atoms with van der Waals surface area (Å²) in [7, 11) is 0. The van der Waals surface area contributed by atoms with Crippen LogP contribution in [0, 0.1) is 0 Å². The van der Waals surface area contributed by atoms with Crippen molar-refractivity contribution in [2.24, 2.45) is 5.10 Å². The lowest BCUT2D eigenvalue weighted by Gasteiger charge is -2.07. The van der Waals surface area contributed by atoms with Crippen molar-refractivity contribution < 1.29 is 13.9 Å². The maximum Gasteiger partial charge on any atom is 0.307 e. The molecule has 5 nitrogen and oxygen atoms in total. The molecule has 0 aliphatic rings. The van der Waals surface area contributed by atoms with Gasteiger partial charge in [-0.2, -0.15) is 5.10 Å². The van der Waals surface area contributed by atoms with Crippen LogP contribution in [0.1, 0.15) is 21.7 Å². The van der Waals surface area contributed by atoms with Crippen LogP contribution in [0.4, 0.5) is 0 Å². The third-order valence-corrected chi connectivity index (χ3v) is 3.73. The zero-order valence-corrected chi connectivity index (χ0v) is 13.9. The molecule has 25 heavy (non-hydrogen) atoms. The number of rotatable bonds is 6. The van der Waals surface area contributed by atoms with E-state index in [-0.39, 0.29) is 5.76 Å². The predicted molar refractivity (Wildman–Crippen MR) is 96.0 cm³/mol.